The van der Waals surface area contributed by atoms with Crippen LogP contribution in [0.3, 0.4) is 0 Å². The summed E-state index contributed by atoms with van der Waals surface area (Å²) in [6.45, 7) is 5.35. The quantitative estimate of drug-likeness (QED) is 0.864. The standard InChI is InChI=1S/C16H21N5O2S/c1-16(2,3)14(23)17-9-13(22)19-11-5-7-12(8-6-11)24-15-20-18-10-21(15)4/h5-8,10H,9H2,1-4H3,(H,17,23)(H,19,22). The van der Waals surface area contributed by atoms with Crippen LogP contribution in [0.4, 0.5) is 5.69 Å². The minimum Gasteiger partial charge on any atom is -0.347 e. The summed E-state index contributed by atoms with van der Waals surface area (Å²) in [5.74, 6) is -0.422. The van der Waals surface area contributed by atoms with Crippen molar-refractivity contribution in [1.29, 1.82) is 0 Å². The van der Waals surface area contributed by atoms with Crippen LogP contribution in [0.5, 0.6) is 0 Å². The van der Waals surface area contributed by atoms with E-state index in [1.807, 2.05) is 35.9 Å². The zero-order valence-electron chi connectivity index (χ0n) is 14.2. The molecule has 0 bridgehead atoms. The fourth-order valence-corrected chi connectivity index (χ4v) is 2.47. The maximum Gasteiger partial charge on any atom is 0.243 e. The topological polar surface area (TPSA) is 88.9 Å². The van der Waals surface area contributed by atoms with Gasteiger partial charge >= 0.3 is 0 Å². The minimum atomic E-state index is -0.515. The van der Waals surface area contributed by atoms with Crippen LogP contribution in [0.15, 0.2) is 40.6 Å². The summed E-state index contributed by atoms with van der Waals surface area (Å²) in [5, 5.41) is 14.0. The highest BCUT2D eigenvalue weighted by Gasteiger charge is 2.21. The molecule has 2 N–H and O–H groups in total. The molecule has 1 aromatic heterocycles. The van der Waals surface area contributed by atoms with Crippen molar-refractivity contribution in [2.45, 2.75) is 30.8 Å². The van der Waals surface area contributed by atoms with Crippen LogP contribution >= 0.6 is 11.8 Å². The highest BCUT2D eigenvalue weighted by molar-refractivity contribution is 7.99. The van der Waals surface area contributed by atoms with Gasteiger partial charge in [0.2, 0.25) is 11.8 Å². The number of benzene rings is 1. The Kier molecular flexibility index (Phi) is 5.61. The molecule has 7 nitrogen and oxygen atoms in total. The SMILES string of the molecule is Cn1cnnc1Sc1ccc(NC(=O)CNC(=O)C(C)(C)C)cc1. The number of nitrogens with zero attached hydrogens (tertiary/aromatic N) is 3. The highest BCUT2D eigenvalue weighted by atomic mass is 32.2. The number of anilines is 1. The third-order valence-corrected chi connectivity index (χ3v) is 4.17. The van der Waals surface area contributed by atoms with Gasteiger partial charge in [0.1, 0.15) is 6.33 Å². The van der Waals surface area contributed by atoms with E-state index in [0.29, 0.717) is 5.69 Å². The van der Waals surface area contributed by atoms with Crippen molar-refractivity contribution in [2.75, 3.05) is 11.9 Å². The summed E-state index contributed by atoms with van der Waals surface area (Å²) >= 11 is 1.49. The van der Waals surface area contributed by atoms with E-state index in [1.54, 1.807) is 27.1 Å². The molecule has 128 valence electrons. The number of aryl methyl sites for hydroxylation is 1. The molecule has 2 rings (SSSR count). The van der Waals surface area contributed by atoms with Crippen LogP contribution in [-0.2, 0) is 16.6 Å². The van der Waals surface area contributed by atoms with Crippen molar-refractivity contribution in [3.63, 3.8) is 0 Å². The smallest absolute Gasteiger partial charge is 0.243 e. The summed E-state index contributed by atoms with van der Waals surface area (Å²) in [4.78, 5) is 24.6. The molecule has 0 aliphatic heterocycles. The van der Waals surface area contributed by atoms with Crippen LogP contribution in [0.2, 0.25) is 0 Å². The zero-order chi connectivity index (χ0) is 17.7. The molecule has 1 heterocycles. The van der Waals surface area contributed by atoms with Gasteiger partial charge in [-0.1, -0.05) is 20.8 Å². The molecule has 8 heteroatoms. The Labute approximate surface area is 145 Å². The number of amides is 2. The van der Waals surface area contributed by atoms with Gasteiger partial charge in [-0.15, -0.1) is 10.2 Å². The summed E-state index contributed by atoms with van der Waals surface area (Å²) in [6, 6.07) is 7.40. The normalized spacial score (nSPS) is 11.2. The molecule has 0 spiro atoms. The van der Waals surface area contributed by atoms with Crippen LogP contribution in [0.25, 0.3) is 0 Å². The van der Waals surface area contributed by atoms with Gasteiger partial charge in [-0.2, -0.15) is 0 Å². The molecule has 1 aromatic carbocycles. The van der Waals surface area contributed by atoms with Gasteiger partial charge in [-0.25, -0.2) is 0 Å². The molecular formula is C16H21N5O2S. The summed E-state index contributed by atoms with van der Waals surface area (Å²) in [7, 11) is 1.88. The van der Waals surface area contributed by atoms with E-state index in [9.17, 15) is 9.59 Å². The Balaban J connectivity index is 1.86. The molecule has 2 aromatic rings. The van der Waals surface area contributed by atoms with E-state index < -0.39 is 5.41 Å². The fraction of sp³-hybridized carbons (Fsp3) is 0.375. The molecule has 0 atom stereocenters. The molecule has 0 saturated carbocycles. The largest absolute Gasteiger partial charge is 0.347 e. The molecule has 0 radical (unpaired) electrons. The summed E-state index contributed by atoms with van der Waals surface area (Å²) < 4.78 is 1.83. The molecular weight excluding hydrogens is 326 g/mol. The second kappa shape index (κ2) is 7.48. The second-order valence-electron chi connectivity index (χ2n) is 6.33. The van der Waals surface area contributed by atoms with Crippen LogP contribution < -0.4 is 10.6 Å². The average Bonchev–Trinajstić information content (AvgIpc) is 2.91. The van der Waals surface area contributed by atoms with Crippen molar-refractivity contribution in [3.8, 4) is 0 Å². The number of hydrogen-bond acceptors (Lipinski definition) is 5. The van der Waals surface area contributed by atoms with E-state index in [0.717, 1.165) is 10.1 Å². The van der Waals surface area contributed by atoms with E-state index >= 15 is 0 Å². The Bertz CT molecular complexity index is 719. The minimum absolute atomic E-state index is 0.0501. The maximum absolute atomic E-state index is 11.9. The number of aromatic nitrogens is 3. The number of carbonyl (C=O) groups is 2. The first-order valence-corrected chi connectivity index (χ1v) is 8.27. The average molecular weight is 347 g/mol. The van der Waals surface area contributed by atoms with Gasteiger partial charge in [-0.3, -0.25) is 9.59 Å². The highest BCUT2D eigenvalue weighted by Crippen LogP contribution is 2.26. The maximum atomic E-state index is 11.9. The first-order chi connectivity index (χ1) is 11.3. The van der Waals surface area contributed by atoms with Crippen LogP contribution in [-0.4, -0.2) is 33.1 Å². The van der Waals surface area contributed by atoms with Gasteiger partial charge in [0.25, 0.3) is 0 Å². The molecule has 0 saturated heterocycles. The van der Waals surface area contributed by atoms with Gasteiger partial charge in [-0.05, 0) is 36.0 Å². The molecule has 2 amide bonds. The van der Waals surface area contributed by atoms with Crippen molar-refractivity contribution < 1.29 is 9.59 Å². The van der Waals surface area contributed by atoms with Crippen molar-refractivity contribution >= 4 is 29.3 Å². The zero-order valence-corrected chi connectivity index (χ0v) is 15.0. The fourth-order valence-electron chi connectivity index (χ4n) is 1.71. The van der Waals surface area contributed by atoms with Crippen LogP contribution in [0, 0.1) is 5.41 Å². The first kappa shape index (κ1) is 18.0. The lowest BCUT2D eigenvalue weighted by atomic mass is 9.96. The molecule has 0 aliphatic carbocycles. The lowest BCUT2D eigenvalue weighted by molar-refractivity contribution is -0.130. The molecule has 0 fully saturated rings. The Hall–Kier alpha value is -2.35. The Morgan fingerprint density at radius 2 is 1.88 bits per heavy atom. The van der Waals surface area contributed by atoms with Gasteiger partial charge in [0.15, 0.2) is 5.16 Å². The molecule has 0 aliphatic rings. The Morgan fingerprint density at radius 1 is 1.21 bits per heavy atom. The summed E-state index contributed by atoms with van der Waals surface area (Å²) in [5.41, 5.74) is 0.159. The molecule has 0 unspecified atom stereocenters. The van der Waals surface area contributed by atoms with E-state index in [2.05, 4.69) is 20.8 Å². The number of carbonyl (C=O) groups excluding carboxylic acids is 2. The van der Waals surface area contributed by atoms with E-state index in [-0.39, 0.29) is 18.4 Å². The lowest BCUT2D eigenvalue weighted by Crippen LogP contribution is -2.39. The first-order valence-electron chi connectivity index (χ1n) is 7.46. The molecule has 24 heavy (non-hydrogen) atoms. The van der Waals surface area contributed by atoms with Gasteiger partial charge in [0.05, 0.1) is 6.54 Å². The third kappa shape index (κ3) is 5.09. The second-order valence-corrected chi connectivity index (χ2v) is 7.37. The summed E-state index contributed by atoms with van der Waals surface area (Å²) in [6.07, 6.45) is 1.64. The van der Waals surface area contributed by atoms with Crippen molar-refractivity contribution in [1.82, 2.24) is 20.1 Å². The van der Waals surface area contributed by atoms with Gasteiger partial charge < -0.3 is 15.2 Å². The van der Waals surface area contributed by atoms with Crippen molar-refractivity contribution in [3.05, 3.63) is 30.6 Å². The van der Waals surface area contributed by atoms with E-state index in [4.69, 9.17) is 0 Å². The monoisotopic (exact) mass is 347 g/mol. The van der Waals surface area contributed by atoms with Crippen molar-refractivity contribution in [2.24, 2.45) is 12.5 Å². The predicted octanol–water partition coefficient (Wildman–Crippen LogP) is 2.07. The van der Waals surface area contributed by atoms with E-state index in [1.165, 1.54) is 11.8 Å². The number of nitrogens with one attached hydrogen (secondary N) is 2. The lowest BCUT2D eigenvalue weighted by Gasteiger charge is -2.17. The predicted molar refractivity (Wildman–Crippen MR) is 92.7 cm³/mol. The number of rotatable bonds is 5. The van der Waals surface area contributed by atoms with Gasteiger partial charge in [0, 0.05) is 23.0 Å². The Morgan fingerprint density at radius 3 is 2.42 bits per heavy atom. The third-order valence-electron chi connectivity index (χ3n) is 3.11. The number of hydrogen-bond donors (Lipinski definition) is 2. The van der Waals surface area contributed by atoms with Crippen LogP contribution in [0.1, 0.15) is 20.8 Å².